The Labute approximate surface area is 81.0 Å². The van der Waals surface area contributed by atoms with Gasteiger partial charge >= 0.3 is 0 Å². The van der Waals surface area contributed by atoms with Crippen molar-refractivity contribution < 1.29 is 5.11 Å². The maximum absolute atomic E-state index is 9.26. The van der Waals surface area contributed by atoms with Crippen molar-refractivity contribution in [1.29, 1.82) is 5.41 Å². The highest BCUT2D eigenvalue weighted by Crippen LogP contribution is 2.32. The van der Waals surface area contributed by atoms with E-state index in [2.05, 4.69) is 31.9 Å². The molecule has 1 aromatic carbocycles. The molecule has 0 atom stereocenters. The third kappa shape index (κ3) is 1.81. The molecule has 0 heterocycles. The molecule has 11 heavy (non-hydrogen) atoms. The van der Waals surface area contributed by atoms with E-state index in [-0.39, 0.29) is 5.75 Å². The van der Waals surface area contributed by atoms with Crippen LogP contribution in [0.1, 0.15) is 5.56 Å². The third-order valence-corrected chi connectivity index (χ3v) is 2.41. The van der Waals surface area contributed by atoms with E-state index in [1.165, 1.54) is 6.21 Å². The molecule has 1 rings (SSSR count). The third-order valence-electron chi connectivity index (χ3n) is 1.21. The summed E-state index contributed by atoms with van der Waals surface area (Å²) in [6, 6.07) is 3.35. The first-order valence-electron chi connectivity index (χ1n) is 2.83. The minimum absolute atomic E-state index is 0.163. The fourth-order valence-electron chi connectivity index (χ4n) is 0.668. The highest BCUT2D eigenvalue weighted by Gasteiger charge is 2.03. The molecule has 58 valence electrons. The van der Waals surface area contributed by atoms with Crippen LogP contribution in [-0.4, -0.2) is 11.3 Å². The van der Waals surface area contributed by atoms with E-state index in [9.17, 15) is 5.11 Å². The topological polar surface area (TPSA) is 44.1 Å². The van der Waals surface area contributed by atoms with Gasteiger partial charge in [-0.1, -0.05) is 0 Å². The number of rotatable bonds is 1. The lowest BCUT2D eigenvalue weighted by Gasteiger charge is -2.00. The maximum atomic E-state index is 9.26. The van der Waals surface area contributed by atoms with Crippen LogP contribution in [0.25, 0.3) is 0 Å². The summed E-state index contributed by atoms with van der Waals surface area (Å²) in [7, 11) is 0. The number of benzene rings is 1. The molecule has 0 unspecified atom stereocenters. The number of nitrogens with one attached hydrogen (secondary N) is 1. The van der Waals surface area contributed by atoms with Gasteiger partial charge in [0.1, 0.15) is 5.75 Å². The standard InChI is InChI=1S/C7H5Br2NO/c8-5-1-4(3-10)2-6(9)7(5)11/h1-3,10-11H. The van der Waals surface area contributed by atoms with Gasteiger partial charge < -0.3 is 10.5 Å². The number of hydrogen-bond donors (Lipinski definition) is 2. The number of aromatic hydroxyl groups is 1. The van der Waals surface area contributed by atoms with Crippen molar-refractivity contribution in [3.8, 4) is 5.75 Å². The average Bonchev–Trinajstić information content (AvgIpc) is 1.99. The largest absolute Gasteiger partial charge is 0.506 e. The summed E-state index contributed by atoms with van der Waals surface area (Å²) >= 11 is 6.31. The van der Waals surface area contributed by atoms with E-state index in [1.807, 2.05) is 0 Å². The normalized spacial score (nSPS) is 9.64. The fraction of sp³-hybridized carbons (Fsp3) is 0. The van der Waals surface area contributed by atoms with Gasteiger partial charge in [-0.2, -0.15) is 0 Å². The summed E-state index contributed by atoms with van der Waals surface area (Å²) in [4.78, 5) is 0. The van der Waals surface area contributed by atoms with Gasteiger partial charge in [-0.25, -0.2) is 0 Å². The Kier molecular flexibility index (Phi) is 2.67. The fourth-order valence-corrected chi connectivity index (χ4v) is 1.89. The molecular weight excluding hydrogens is 274 g/mol. The van der Waals surface area contributed by atoms with E-state index < -0.39 is 0 Å². The first kappa shape index (κ1) is 8.74. The van der Waals surface area contributed by atoms with Crippen molar-refractivity contribution in [2.75, 3.05) is 0 Å². The molecule has 0 amide bonds. The van der Waals surface area contributed by atoms with Crippen molar-refractivity contribution in [1.82, 2.24) is 0 Å². The van der Waals surface area contributed by atoms with Gasteiger partial charge in [0.25, 0.3) is 0 Å². The molecule has 0 aliphatic rings. The van der Waals surface area contributed by atoms with Crippen LogP contribution in [0, 0.1) is 5.41 Å². The summed E-state index contributed by atoms with van der Waals surface area (Å²) in [5.74, 6) is 0.163. The number of phenols is 1. The predicted octanol–water partition coefficient (Wildman–Crippen LogP) is 2.91. The molecular formula is C7H5Br2NO. The molecule has 0 aliphatic heterocycles. The zero-order valence-electron chi connectivity index (χ0n) is 5.44. The minimum Gasteiger partial charge on any atom is -0.506 e. The quantitative estimate of drug-likeness (QED) is 0.763. The lowest BCUT2D eigenvalue weighted by Crippen LogP contribution is -1.80. The molecule has 0 saturated heterocycles. The first-order valence-corrected chi connectivity index (χ1v) is 4.42. The Morgan fingerprint density at radius 1 is 1.27 bits per heavy atom. The molecule has 0 spiro atoms. The van der Waals surface area contributed by atoms with Gasteiger partial charge in [0.15, 0.2) is 0 Å². The van der Waals surface area contributed by atoms with E-state index in [0.717, 1.165) is 5.56 Å². The molecule has 4 heteroatoms. The summed E-state index contributed by atoms with van der Waals surface area (Å²) in [6.07, 6.45) is 1.22. The van der Waals surface area contributed by atoms with Crippen molar-refractivity contribution in [3.63, 3.8) is 0 Å². The summed E-state index contributed by atoms with van der Waals surface area (Å²) in [5.41, 5.74) is 0.738. The van der Waals surface area contributed by atoms with Gasteiger partial charge in [-0.05, 0) is 49.6 Å². The second kappa shape index (κ2) is 3.36. The van der Waals surface area contributed by atoms with Gasteiger partial charge in [-0.3, -0.25) is 0 Å². The van der Waals surface area contributed by atoms with Gasteiger partial charge in [0.2, 0.25) is 0 Å². The monoisotopic (exact) mass is 277 g/mol. The molecule has 0 radical (unpaired) electrons. The summed E-state index contributed by atoms with van der Waals surface area (Å²) < 4.78 is 1.18. The second-order valence-corrected chi connectivity index (χ2v) is 3.69. The van der Waals surface area contributed by atoms with Crippen LogP contribution >= 0.6 is 31.9 Å². The minimum atomic E-state index is 0.163. The lowest BCUT2D eigenvalue weighted by molar-refractivity contribution is 0.468. The van der Waals surface area contributed by atoms with Crippen LogP contribution in [0.3, 0.4) is 0 Å². The van der Waals surface area contributed by atoms with E-state index in [1.54, 1.807) is 12.1 Å². The number of halogens is 2. The molecule has 0 fully saturated rings. The van der Waals surface area contributed by atoms with Gasteiger partial charge in [-0.15, -0.1) is 0 Å². The van der Waals surface area contributed by atoms with Gasteiger partial charge in [0, 0.05) is 6.21 Å². The molecule has 0 aromatic heterocycles. The van der Waals surface area contributed by atoms with Crippen LogP contribution in [-0.2, 0) is 0 Å². The smallest absolute Gasteiger partial charge is 0.143 e. The molecule has 2 N–H and O–H groups in total. The SMILES string of the molecule is N=Cc1cc(Br)c(O)c(Br)c1. The molecule has 0 saturated carbocycles. The van der Waals surface area contributed by atoms with Crippen LogP contribution in [0.15, 0.2) is 21.1 Å². The zero-order valence-corrected chi connectivity index (χ0v) is 8.61. The molecule has 0 bridgehead atoms. The maximum Gasteiger partial charge on any atom is 0.143 e. The number of phenolic OH excluding ortho intramolecular Hbond substituents is 1. The Morgan fingerprint density at radius 2 is 1.73 bits per heavy atom. The van der Waals surface area contributed by atoms with Crippen LogP contribution < -0.4 is 0 Å². The summed E-state index contributed by atoms with van der Waals surface area (Å²) in [6.45, 7) is 0. The van der Waals surface area contributed by atoms with Gasteiger partial charge in [0.05, 0.1) is 8.95 Å². The Morgan fingerprint density at radius 3 is 2.09 bits per heavy atom. The predicted molar refractivity (Wildman–Crippen MR) is 51.4 cm³/mol. The van der Waals surface area contributed by atoms with E-state index >= 15 is 0 Å². The Hall–Kier alpha value is -0.350. The first-order chi connectivity index (χ1) is 5.15. The average molecular weight is 279 g/mol. The lowest BCUT2D eigenvalue weighted by atomic mass is 10.2. The van der Waals surface area contributed by atoms with Crippen molar-refractivity contribution in [3.05, 3.63) is 26.6 Å². The summed E-state index contributed by atoms with van der Waals surface area (Å²) in [5, 5.41) is 16.2. The highest BCUT2D eigenvalue weighted by molar-refractivity contribution is 9.11. The number of hydrogen-bond acceptors (Lipinski definition) is 2. The van der Waals surface area contributed by atoms with E-state index in [4.69, 9.17) is 5.41 Å². The van der Waals surface area contributed by atoms with E-state index in [0.29, 0.717) is 8.95 Å². The Bertz CT molecular complexity index is 275. The zero-order chi connectivity index (χ0) is 8.43. The Balaban J connectivity index is 3.31. The van der Waals surface area contributed by atoms with Crippen molar-refractivity contribution >= 4 is 38.1 Å². The molecule has 2 nitrogen and oxygen atoms in total. The van der Waals surface area contributed by atoms with Crippen LogP contribution in [0.2, 0.25) is 0 Å². The molecule has 0 aliphatic carbocycles. The highest BCUT2D eigenvalue weighted by atomic mass is 79.9. The van der Waals surface area contributed by atoms with Crippen LogP contribution in [0.4, 0.5) is 0 Å². The molecule has 1 aromatic rings. The van der Waals surface area contributed by atoms with Crippen molar-refractivity contribution in [2.45, 2.75) is 0 Å². The van der Waals surface area contributed by atoms with Crippen molar-refractivity contribution in [2.24, 2.45) is 0 Å². The second-order valence-electron chi connectivity index (χ2n) is 1.98. The van der Waals surface area contributed by atoms with Crippen LogP contribution in [0.5, 0.6) is 5.75 Å².